The van der Waals surface area contributed by atoms with Crippen LogP contribution in [-0.4, -0.2) is 41.2 Å². The molecule has 2 atom stereocenters. The zero-order valence-corrected chi connectivity index (χ0v) is 11.6. The van der Waals surface area contributed by atoms with Crippen LogP contribution in [0.4, 0.5) is 0 Å². The monoisotopic (exact) mass is 279 g/mol. The Labute approximate surface area is 116 Å². The van der Waals surface area contributed by atoms with Crippen molar-refractivity contribution in [2.24, 2.45) is 5.92 Å². The molecule has 2 rings (SSSR count). The molecule has 1 heterocycles. The maximum absolute atomic E-state index is 12.5. The maximum atomic E-state index is 12.5. The number of hydrogen-bond acceptors (Lipinski definition) is 3. The third-order valence-electron chi connectivity index (χ3n) is 3.41. The fraction of sp³-hybridized carbons (Fsp3) is 0.429. The van der Waals surface area contributed by atoms with Crippen molar-refractivity contribution in [1.82, 2.24) is 4.90 Å². The molecule has 0 aliphatic carbocycles. The fourth-order valence-corrected chi connectivity index (χ4v) is 3.12. The number of aliphatic carboxylic acids is 1. The van der Waals surface area contributed by atoms with Gasteiger partial charge in [0.1, 0.15) is 5.25 Å². The summed E-state index contributed by atoms with van der Waals surface area (Å²) >= 11 is 1.49. The molecule has 102 valence electrons. The molecule has 1 saturated heterocycles. The molecule has 1 aromatic carbocycles. The highest BCUT2D eigenvalue weighted by molar-refractivity contribution is 7.99. The summed E-state index contributed by atoms with van der Waals surface area (Å²) < 4.78 is 0. The lowest BCUT2D eigenvalue weighted by Gasteiger charge is -2.22. The van der Waals surface area contributed by atoms with Gasteiger partial charge in [0.25, 0.3) is 0 Å². The van der Waals surface area contributed by atoms with E-state index in [2.05, 4.69) is 0 Å². The summed E-state index contributed by atoms with van der Waals surface area (Å²) in [4.78, 5) is 25.1. The Morgan fingerprint density at radius 1 is 1.37 bits per heavy atom. The molecule has 1 aliphatic heterocycles. The molecule has 1 N–H and O–H groups in total. The van der Waals surface area contributed by atoms with Gasteiger partial charge in [-0.3, -0.25) is 9.59 Å². The first kappa shape index (κ1) is 13.9. The minimum absolute atomic E-state index is 0.0162. The summed E-state index contributed by atoms with van der Waals surface area (Å²) in [5.74, 6) is -1.21. The number of likely N-dealkylation sites (tertiary alicyclic amines) is 1. The van der Waals surface area contributed by atoms with E-state index in [4.69, 9.17) is 5.11 Å². The van der Waals surface area contributed by atoms with Crippen LogP contribution in [0.1, 0.15) is 17.2 Å². The summed E-state index contributed by atoms with van der Waals surface area (Å²) in [7, 11) is 0. The molecule has 0 unspecified atom stereocenters. The second-order valence-electron chi connectivity index (χ2n) is 4.63. The van der Waals surface area contributed by atoms with Gasteiger partial charge in [-0.2, -0.15) is 0 Å². The van der Waals surface area contributed by atoms with E-state index in [1.54, 1.807) is 4.90 Å². The van der Waals surface area contributed by atoms with Gasteiger partial charge in [0.2, 0.25) is 5.91 Å². The predicted molar refractivity (Wildman–Crippen MR) is 75.0 cm³/mol. The van der Waals surface area contributed by atoms with Gasteiger partial charge in [0, 0.05) is 13.1 Å². The van der Waals surface area contributed by atoms with Crippen molar-refractivity contribution < 1.29 is 14.7 Å². The molecule has 0 radical (unpaired) electrons. The van der Waals surface area contributed by atoms with E-state index in [-0.39, 0.29) is 11.2 Å². The van der Waals surface area contributed by atoms with Crippen LogP contribution in [0.25, 0.3) is 0 Å². The number of carboxylic acids is 1. The first-order chi connectivity index (χ1) is 9.13. The second-order valence-corrected chi connectivity index (χ2v) is 5.58. The topological polar surface area (TPSA) is 57.6 Å². The first-order valence-electron chi connectivity index (χ1n) is 6.23. The molecule has 0 aromatic heterocycles. The maximum Gasteiger partial charge on any atom is 0.308 e. The number of carbonyl (C=O) groups is 2. The quantitative estimate of drug-likeness (QED) is 0.916. The number of carboxylic acid groups (broad SMARTS) is 1. The molecule has 1 aromatic rings. The standard InChI is InChI=1S/C14H17NO3S/c1-19-12(10-5-3-2-4-6-10)13(16)15-8-7-11(9-15)14(17)18/h2-6,11-12H,7-9H2,1H3,(H,17,18)/t11-,12+/m0/s1. The average molecular weight is 279 g/mol. The molecule has 0 bridgehead atoms. The highest BCUT2D eigenvalue weighted by Crippen LogP contribution is 2.30. The number of rotatable bonds is 4. The fourth-order valence-electron chi connectivity index (χ4n) is 2.34. The van der Waals surface area contributed by atoms with Crippen LogP contribution in [0.2, 0.25) is 0 Å². The lowest BCUT2D eigenvalue weighted by atomic mass is 10.1. The number of thioether (sulfide) groups is 1. The summed E-state index contributed by atoms with van der Waals surface area (Å²) in [5, 5.41) is 8.74. The molecule has 1 aliphatic rings. The Morgan fingerprint density at radius 3 is 2.58 bits per heavy atom. The normalized spacial score (nSPS) is 20.3. The minimum atomic E-state index is -0.810. The molecule has 0 spiro atoms. The highest BCUT2D eigenvalue weighted by Gasteiger charge is 2.34. The van der Waals surface area contributed by atoms with E-state index in [0.717, 1.165) is 5.56 Å². The number of hydrogen-bond donors (Lipinski definition) is 1. The van der Waals surface area contributed by atoms with Crippen molar-refractivity contribution in [3.8, 4) is 0 Å². The highest BCUT2D eigenvalue weighted by atomic mass is 32.2. The van der Waals surface area contributed by atoms with Crippen LogP contribution >= 0.6 is 11.8 Å². The SMILES string of the molecule is CS[C@@H](C(=O)N1CC[C@H](C(=O)O)C1)c1ccccc1. The summed E-state index contributed by atoms with van der Waals surface area (Å²) in [6.45, 7) is 0.873. The number of amides is 1. The van der Waals surface area contributed by atoms with Crippen LogP contribution in [0.3, 0.4) is 0 Å². The third-order valence-corrected chi connectivity index (χ3v) is 4.36. The van der Waals surface area contributed by atoms with Crippen LogP contribution in [0.5, 0.6) is 0 Å². The molecule has 4 nitrogen and oxygen atoms in total. The van der Waals surface area contributed by atoms with Gasteiger partial charge in [0.05, 0.1) is 5.92 Å². The van der Waals surface area contributed by atoms with Crippen LogP contribution in [0.15, 0.2) is 30.3 Å². The van der Waals surface area contributed by atoms with E-state index in [0.29, 0.717) is 19.5 Å². The Bertz CT molecular complexity index is 463. The lowest BCUT2D eigenvalue weighted by molar-refractivity contribution is -0.141. The molecular formula is C14H17NO3S. The largest absolute Gasteiger partial charge is 0.481 e. The first-order valence-corrected chi connectivity index (χ1v) is 7.51. The summed E-state index contributed by atoms with van der Waals surface area (Å²) in [6, 6.07) is 9.61. The smallest absolute Gasteiger partial charge is 0.308 e. The van der Waals surface area contributed by atoms with E-state index < -0.39 is 11.9 Å². The second kappa shape index (κ2) is 6.10. The van der Waals surface area contributed by atoms with Crippen LogP contribution < -0.4 is 0 Å². The van der Waals surface area contributed by atoms with Crippen molar-refractivity contribution in [3.63, 3.8) is 0 Å². The number of nitrogens with zero attached hydrogens (tertiary/aromatic N) is 1. The van der Waals surface area contributed by atoms with Crippen molar-refractivity contribution in [1.29, 1.82) is 0 Å². The molecule has 1 amide bonds. The molecular weight excluding hydrogens is 262 g/mol. The molecule has 0 saturated carbocycles. The van der Waals surface area contributed by atoms with Crippen LogP contribution in [0, 0.1) is 5.92 Å². The predicted octanol–water partition coefficient (Wildman–Crippen LogP) is 2.02. The minimum Gasteiger partial charge on any atom is -0.481 e. The Morgan fingerprint density at radius 2 is 2.05 bits per heavy atom. The van der Waals surface area contributed by atoms with Gasteiger partial charge >= 0.3 is 5.97 Å². The number of benzene rings is 1. The van der Waals surface area contributed by atoms with Crippen molar-refractivity contribution in [2.75, 3.05) is 19.3 Å². The van der Waals surface area contributed by atoms with Crippen LogP contribution in [-0.2, 0) is 9.59 Å². The van der Waals surface area contributed by atoms with Crippen molar-refractivity contribution >= 4 is 23.6 Å². The Kier molecular flexibility index (Phi) is 4.47. The van der Waals surface area contributed by atoms with E-state index in [1.165, 1.54) is 11.8 Å². The summed E-state index contributed by atoms with van der Waals surface area (Å²) in [6.07, 6.45) is 2.46. The van der Waals surface area contributed by atoms with Crippen molar-refractivity contribution in [2.45, 2.75) is 11.7 Å². The Balaban J connectivity index is 2.08. The molecule has 19 heavy (non-hydrogen) atoms. The number of carbonyl (C=O) groups excluding carboxylic acids is 1. The molecule has 1 fully saturated rings. The van der Waals surface area contributed by atoms with E-state index in [1.807, 2.05) is 36.6 Å². The van der Waals surface area contributed by atoms with Crippen molar-refractivity contribution in [3.05, 3.63) is 35.9 Å². The van der Waals surface area contributed by atoms with Gasteiger partial charge in [0.15, 0.2) is 0 Å². The van der Waals surface area contributed by atoms with Gasteiger partial charge in [-0.15, -0.1) is 11.8 Å². The van der Waals surface area contributed by atoms with Gasteiger partial charge in [-0.25, -0.2) is 0 Å². The van der Waals surface area contributed by atoms with Gasteiger partial charge < -0.3 is 10.0 Å². The zero-order chi connectivity index (χ0) is 13.8. The van der Waals surface area contributed by atoms with E-state index >= 15 is 0 Å². The lowest BCUT2D eigenvalue weighted by Crippen LogP contribution is -2.33. The van der Waals surface area contributed by atoms with Gasteiger partial charge in [-0.05, 0) is 18.2 Å². The molecule has 5 heteroatoms. The zero-order valence-electron chi connectivity index (χ0n) is 10.8. The van der Waals surface area contributed by atoms with Gasteiger partial charge in [-0.1, -0.05) is 30.3 Å². The summed E-state index contributed by atoms with van der Waals surface area (Å²) in [5.41, 5.74) is 0.971. The van der Waals surface area contributed by atoms with E-state index in [9.17, 15) is 9.59 Å². The Hall–Kier alpha value is -1.49. The third kappa shape index (κ3) is 3.10. The average Bonchev–Trinajstić information content (AvgIpc) is 2.90.